The molecular formula is C21H26FN3O2. The van der Waals surface area contributed by atoms with E-state index in [0.717, 1.165) is 32.6 Å². The van der Waals surface area contributed by atoms with Crippen LogP contribution in [0.4, 0.5) is 10.1 Å². The maximum Gasteiger partial charge on any atom is 0.257 e. The van der Waals surface area contributed by atoms with Gasteiger partial charge in [0, 0.05) is 38.4 Å². The first kappa shape index (κ1) is 19.2. The van der Waals surface area contributed by atoms with Crippen LogP contribution in [0.5, 0.6) is 5.75 Å². The van der Waals surface area contributed by atoms with Crippen molar-refractivity contribution in [3.63, 3.8) is 0 Å². The average molecular weight is 371 g/mol. The van der Waals surface area contributed by atoms with Gasteiger partial charge in [-0.15, -0.1) is 0 Å². The van der Waals surface area contributed by atoms with Crippen molar-refractivity contribution >= 4 is 11.6 Å². The number of piperazine rings is 1. The van der Waals surface area contributed by atoms with Crippen LogP contribution < -0.4 is 15.0 Å². The Hall–Kier alpha value is -2.60. The minimum Gasteiger partial charge on any atom is -0.484 e. The molecule has 0 atom stereocenters. The molecule has 1 aliphatic rings. The summed E-state index contributed by atoms with van der Waals surface area (Å²) in [6.07, 6.45) is 0.769. The summed E-state index contributed by atoms with van der Waals surface area (Å²) in [5.74, 6) is -0.0372. The van der Waals surface area contributed by atoms with Crippen molar-refractivity contribution in [2.45, 2.75) is 6.42 Å². The average Bonchev–Trinajstić information content (AvgIpc) is 2.69. The van der Waals surface area contributed by atoms with E-state index in [0.29, 0.717) is 12.3 Å². The maximum absolute atomic E-state index is 12.8. The molecule has 1 heterocycles. The quantitative estimate of drug-likeness (QED) is 0.811. The number of rotatable bonds is 7. The summed E-state index contributed by atoms with van der Waals surface area (Å²) in [6.45, 7) is 4.77. The van der Waals surface area contributed by atoms with Gasteiger partial charge in [-0.1, -0.05) is 12.1 Å². The van der Waals surface area contributed by atoms with Crippen LogP contribution in [0.1, 0.15) is 5.56 Å². The summed E-state index contributed by atoms with van der Waals surface area (Å²) in [6, 6.07) is 14.2. The molecule has 1 aliphatic heterocycles. The number of hydrogen-bond donors (Lipinski definition) is 1. The van der Waals surface area contributed by atoms with Gasteiger partial charge in [0.05, 0.1) is 0 Å². The molecule has 0 saturated carbocycles. The standard InChI is InChI=1S/C21H26FN3O2/c1-24-12-14-25(15-13-24)19-6-2-17(3-7-19)10-11-23-21(26)16-27-20-8-4-18(22)5-9-20/h2-9H,10-16H2,1H3,(H,23,26). The molecule has 27 heavy (non-hydrogen) atoms. The third-order valence-electron chi connectivity index (χ3n) is 4.72. The molecule has 3 rings (SSSR count). The van der Waals surface area contributed by atoms with E-state index in [1.807, 2.05) is 0 Å². The Labute approximate surface area is 159 Å². The number of benzene rings is 2. The Morgan fingerprint density at radius 2 is 1.70 bits per heavy atom. The Balaban J connectivity index is 1.37. The summed E-state index contributed by atoms with van der Waals surface area (Å²) in [5.41, 5.74) is 2.44. The van der Waals surface area contributed by atoms with E-state index in [-0.39, 0.29) is 18.3 Å². The molecule has 2 aromatic carbocycles. The largest absolute Gasteiger partial charge is 0.484 e. The molecule has 1 N–H and O–H groups in total. The molecule has 1 fully saturated rings. The SMILES string of the molecule is CN1CCN(c2ccc(CCNC(=O)COc3ccc(F)cc3)cc2)CC1. The van der Waals surface area contributed by atoms with E-state index in [1.165, 1.54) is 35.5 Å². The molecule has 0 radical (unpaired) electrons. The van der Waals surface area contributed by atoms with Gasteiger partial charge in [-0.3, -0.25) is 4.79 Å². The van der Waals surface area contributed by atoms with E-state index in [4.69, 9.17) is 4.74 Å². The van der Waals surface area contributed by atoms with Crippen molar-refractivity contribution in [2.75, 3.05) is 51.3 Å². The molecule has 1 amide bonds. The lowest BCUT2D eigenvalue weighted by Crippen LogP contribution is -2.44. The zero-order chi connectivity index (χ0) is 19.1. The van der Waals surface area contributed by atoms with Crippen LogP contribution in [0.15, 0.2) is 48.5 Å². The van der Waals surface area contributed by atoms with Crippen molar-refractivity contribution < 1.29 is 13.9 Å². The van der Waals surface area contributed by atoms with Gasteiger partial charge in [-0.25, -0.2) is 4.39 Å². The zero-order valence-corrected chi connectivity index (χ0v) is 15.7. The van der Waals surface area contributed by atoms with E-state index in [1.54, 1.807) is 0 Å². The monoisotopic (exact) mass is 371 g/mol. The van der Waals surface area contributed by atoms with E-state index in [2.05, 4.69) is 46.4 Å². The first-order valence-corrected chi connectivity index (χ1v) is 9.28. The lowest BCUT2D eigenvalue weighted by Gasteiger charge is -2.34. The second kappa shape index (κ2) is 9.37. The third-order valence-corrected chi connectivity index (χ3v) is 4.72. The molecule has 6 heteroatoms. The number of likely N-dealkylation sites (N-methyl/N-ethyl adjacent to an activating group) is 1. The van der Waals surface area contributed by atoms with Crippen molar-refractivity contribution in [2.24, 2.45) is 0 Å². The number of carbonyl (C=O) groups is 1. The molecule has 0 aliphatic carbocycles. The maximum atomic E-state index is 12.8. The number of ether oxygens (including phenoxy) is 1. The fourth-order valence-corrected chi connectivity index (χ4v) is 3.02. The number of hydrogen-bond acceptors (Lipinski definition) is 4. The minimum absolute atomic E-state index is 0.0754. The van der Waals surface area contributed by atoms with Crippen LogP contribution in [-0.2, 0) is 11.2 Å². The molecule has 144 valence electrons. The van der Waals surface area contributed by atoms with Gasteiger partial charge < -0.3 is 19.9 Å². The zero-order valence-electron chi connectivity index (χ0n) is 15.7. The summed E-state index contributed by atoms with van der Waals surface area (Å²) < 4.78 is 18.1. The number of nitrogens with zero attached hydrogens (tertiary/aromatic N) is 2. The van der Waals surface area contributed by atoms with E-state index in [9.17, 15) is 9.18 Å². The second-order valence-electron chi connectivity index (χ2n) is 6.80. The van der Waals surface area contributed by atoms with Crippen LogP contribution in [0, 0.1) is 5.82 Å². The molecule has 0 unspecified atom stereocenters. The van der Waals surface area contributed by atoms with Gasteiger partial charge >= 0.3 is 0 Å². The smallest absolute Gasteiger partial charge is 0.257 e. The predicted molar refractivity (Wildman–Crippen MR) is 105 cm³/mol. The first-order chi connectivity index (χ1) is 13.1. The predicted octanol–water partition coefficient (Wildman–Crippen LogP) is 2.32. The first-order valence-electron chi connectivity index (χ1n) is 9.28. The summed E-state index contributed by atoms with van der Waals surface area (Å²) in [7, 11) is 2.15. The minimum atomic E-state index is -0.328. The summed E-state index contributed by atoms with van der Waals surface area (Å²) in [5, 5.41) is 2.84. The van der Waals surface area contributed by atoms with Crippen molar-refractivity contribution in [3.05, 3.63) is 59.9 Å². The molecule has 5 nitrogen and oxygen atoms in total. The highest BCUT2D eigenvalue weighted by molar-refractivity contribution is 5.77. The summed E-state index contributed by atoms with van der Waals surface area (Å²) >= 11 is 0. The van der Waals surface area contributed by atoms with Crippen LogP contribution in [0.3, 0.4) is 0 Å². The van der Waals surface area contributed by atoms with Crippen LogP contribution in [0.25, 0.3) is 0 Å². The Morgan fingerprint density at radius 1 is 1.04 bits per heavy atom. The normalized spacial score (nSPS) is 14.8. The highest BCUT2D eigenvalue weighted by Crippen LogP contribution is 2.17. The fourth-order valence-electron chi connectivity index (χ4n) is 3.02. The Morgan fingerprint density at radius 3 is 2.37 bits per heavy atom. The number of carbonyl (C=O) groups excluding carboxylic acids is 1. The van der Waals surface area contributed by atoms with Crippen molar-refractivity contribution in [3.8, 4) is 5.75 Å². The molecular weight excluding hydrogens is 345 g/mol. The lowest BCUT2D eigenvalue weighted by molar-refractivity contribution is -0.123. The second-order valence-corrected chi connectivity index (χ2v) is 6.80. The molecule has 1 saturated heterocycles. The highest BCUT2D eigenvalue weighted by Gasteiger charge is 2.13. The molecule has 0 spiro atoms. The number of amides is 1. The van der Waals surface area contributed by atoms with E-state index < -0.39 is 0 Å². The van der Waals surface area contributed by atoms with Gasteiger partial charge in [-0.2, -0.15) is 0 Å². The van der Waals surface area contributed by atoms with Crippen LogP contribution >= 0.6 is 0 Å². The van der Waals surface area contributed by atoms with Gasteiger partial charge in [0.15, 0.2) is 6.61 Å². The lowest BCUT2D eigenvalue weighted by atomic mass is 10.1. The molecule has 2 aromatic rings. The molecule has 0 bridgehead atoms. The van der Waals surface area contributed by atoms with Gasteiger partial charge in [0.1, 0.15) is 11.6 Å². The highest BCUT2D eigenvalue weighted by atomic mass is 19.1. The number of anilines is 1. The summed E-state index contributed by atoms with van der Waals surface area (Å²) in [4.78, 5) is 16.6. The number of nitrogens with one attached hydrogen (secondary N) is 1. The van der Waals surface area contributed by atoms with Gasteiger partial charge in [0.2, 0.25) is 0 Å². The fraction of sp³-hybridized carbons (Fsp3) is 0.381. The van der Waals surface area contributed by atoms with Crippen LogP contribution in [0.2, 0.25) is 0 Å². The molecule has 0 aromatic heterocycles. The number of halogens is 1. The topological polar surface area (TPSA) is 44.8 Å². The van der Waals surface area contributed by atoms with Gasteiger partial charge in [-0.05, 0) is 55.4 Å². The van der Waals surface area contributed by atoms with Gasteiger partial charge in [0.25, 0.3) is 5.91 Å². The van der Waals surface area contributed by atoms with Crippen molar-refractivity contribution in [1.82, 2.24) is 10.2 Å². The Bertz CT molecular complexity index is 726. The van der Waals surface area contributed by atoms with Crippen molar-refractivity contribution in [1.29, 1.82) is 0 Å². The third kappa shape index (κ3) is 5.96. The Kier molecular flexibility index (Phi) is 6.65. The van der Waals surface area contributed by atoms with E-state index >= 15 is 0 Å². The van der Waals surface area contributed by atoms with Crippen LogP contribution in [-0.4, -0.2) is 57.2 Å².